The van der Waals surface area contributed by atoms with Crippen LogP contribution in [0.4, 0.5) is 4.39 Å². The van der Waals surface area contributed by atoms with Gasteiger partial charge in [0.15, 0.2) is 17.2 Å². The molecule has 0 saturated carbocycles. The zero-order chi connectivity index (χ0) is 14.9. The summed E-state index contributed by atoms with van der Waals surface area (Å²) in [6.45, 7) is -0.870. The van der Waals surface area contributed by atoms with E-state index in [9.17, 15) is 14.6 Å². The Bertz CT molecular complexity index is 672. The summed E-state index contributed by atoms with van der Waals surface area (Å²) in [7, 11) is 0. The average Bonchev–Trinajstić information content (AvgIpc) is 2.65. The minimum atomic E-state index is -2.08. The predicted molar refractivity (Wildman–Crippen MR) is 70.4 cm³/mol. The normalized spacial score (nSPS) is 32.9. The first-order chi connectivity index (χ1) is 9.45. The number of azide groups is 1. The van der Waals surface area contributed by atoms with Gasteiger partial charge in [0.1, 0.15) is 10.7 Å². The van der Waals surface area contributed by atoms with E-state index in [-0.39, 0.29) is 4.77 Å². The molecule has 108 valence electrons. The topological polar surface area (TPSA) is 119 Å². The zero-order valence-corrected chi connectivity index (χ0v) is 11.5. The van der Waals surface area contributed by atoms with Gasteiger partial charge in [0.05, 0.1) is 6.61 Å². The molecule has 0 spiro atoms. The summed E-state index contributed by atoms with van der Waals surface area (Å²) in [5.74, 6) is 0. The SMILES string of the molecule is [N-]=[N+]=N[C@]1(CO)O[C@@H](n2ccc(=S)[nH]c2=S)[C@@H](F)C1O. The lowest BCUT2D eigenvalue weighted by atomic mass is 10.1. The molecule has 1 aromatic heterocycles. The van der Waals surface area contributed by atoms with Crippen molar-refractivity contribution in [3.63, 3.8) is 0 Å². The zero-order valence-electron chi connectivity index (χ0n) is 9.88. The van der Waals surface area contributed by atoms with Crippen molar-refractivity contribution in [1.29, 1.82) is 0 Å². The van der Waals surface area contributed by atoms with E-state index in [0.717, 1.165) is 0 Å². The lowest BCUT2D eigenvalue weighted by Crippen LogP contribution is -2.43. The van der Waals surface area contributed by atoms with E-state index in [1.54, 1.807) is 0 Å². The molecule has 1 unspecified atom stereocenters. The molecule has 0 aliphatic carbocycles. The maximum atomic E-state index is 14.2. The van der Waals surface area contributed by atoms with Crippen LogP contribution in [0.2, 0.25) is 0 Å². The van der Waals surface area contributed by atoms with Crippen LogP contribution < -0.4 is 0 Å². The highest BCUT2D eigenvalue weighted by Gasteiger charge is 2.55. The minimum Gasteiger partial charge on any atom is -0.393 e. The van der Waals surface area contributed by atoms with Gasteiger partial charge < -0.3 is 19.9 Å². The maximum absolute atomic E-state index is 14.2. The first kappa shape index (κ1) is 15.0. The Hall–Kier alpha value is -1.36. The Morgan fingerprint density at radius 1 is 1.65 bits per heavy atom. The number of aliphatic hydroxyl groups is 2. The van der Waals surface area contributed by atoms with Crippen LogP contribution in [0.25, 0.3) is 10.4 Å². The van der Waals surface area contributed by atoms with E-state index < -0.39 is 30.8 Å². The number of nitrogens with zero attached hydrogens (tertiary/aromatic N) is 4. The van der Waals surface area contributed by atoms with Crippen molar-refractivity contribution in [2.24, 2.45) is 5.11 Å². The fourth-order valence-electron chi connectivity index (χ4n) is 1.91. The highest BCUT2D eigenvalue weighted by atomic mass is 32.1. The number of aliphatic hydroxyl groups excluding tert-OH is 2. The summed E-state index contributed by atoms with van der Waals surface area (Å²) < 4.78 is 21.0. The van der Waals surface area contributed by atoms with E-state index in [1.165, 1.54) is 16.8 Å². The van der Waals surface area contributed by atoms with Gasteiger partial charge in [0.2, 0.25) is 5.72 Å². The largest absolute Gasteiger partial charge is 0.393 e. The smallest absolute Gasteiger partial charge is 0.201 e. The highest BCUT2D eigenvalue weighted by Crippen LogP contribution is 2.39. The van der Waals surface area contributed by atoms with Crippen molar-refractivity contribution in [3.05, 3.63) is 32.1 Å². The van der Waals surface area contributed by atoms with Gasteiger partial charge in [0.25, 0.3) is 0 Å². The van der Waals surface area contributed by atoms with Crippen LogP contribution in [0.5, 0.6) is 0 Å². The third kappa shape index (κ3) is 2.35. The molecule has 1 aliphatic heterocycles. The van der Waals surface area contributed by atoms with Gasteiger partial charge in [0, 0.05) is 11.1 Å². The first-order valence-electron chi connectivity index (χ1n) is 5.44. The number of nitrogens with one attached hydrogen (secondary N) is 1. The Balaban J connectivity index is 2.47. The molecule has 20 heavy (non-hydrogen) atoms. The fraction of sp³-hybridized carbons (Fsp3) is 0.556. The van der Waals surface area contributed by atoms with Crippen LogP contribution in [0.1, 0.15) is 6.23 Å². The number of ether oxygens (including phenoxy) is 1. The number of alkyl halides is 1. The summed E-state index contributed by atoms with van der Waals surface area (Å²) in [5.41, 5.74) is 6.38. The Morgan fingerprint density at radius 2 is 2.35 bits per heavy atom. The molecule has 2 heterocycles. The molecule has 0 aromatic carbocycles. The lowest BCUT2D eigenvalue weighted by molar-refractivity contribution is -0.124. The molecule has 0 amide bonds. The molecule has 1 aromatic rings. The molecule has 8 nitrogen and oxygen atoms in total. The monoisotopic (exact) mass is 319 g/mol. The van der Waals surface area contributed by atoms with Crippen molar-refractivity contribution in [2.45, 2.75) is 24.2 Å². The molecule has 1 aliphatic rings. The number of rotatable bonds is 3. The minimum absolute atomic E-state index is 0.0760. The lowest BCUT2D eigenvalue weighted by Gasteiger charge is -2.23. The predicted octanol–water partition coefficient (Wildman–Crippen LogP) is 1.50. The second-order valence-corrected chi connectivity index (χ2v) is 4.93. The summed E-state index contributed by atoms with van der Waals surface area (Å²) in [6.07, 6.45) is -3.72. The van der Waals surface area contributed by atoms with Crippen molar-refractivity contribution in [3.8, 4) is 0 Å². The van der Waals surface area contributed by atoms with Gasteiger partial charge in [-0.15, -0.1) is 0 Å². The maximum Gasteiger partial charge on any atom is 0.201 e. The molecular formula is C9H10FN5O3S2. The van der Waals surface area contributed by atoms with Crippen LogP contribution in [0.15, 0.2) is 17.4 Å². The van der Waals surface area contributed by atoms with E-state index in [0.29, 0.717) is 4.64 Å². The summed E-state index contributed by atoms with van der Waals surface area (Å²) in [5, 5.41) is 22.2. The van der Waals surface area contributed by atoms with Crippen LogP contribution in [0.3, 0.4) is 0 Å². The Kier molecular flexibility index (Phi) is 4.18. The van der Waals surface area contributed by atoms with Crippen LogP contribution in [0, 0.1) is 9.41 Å². The van der Waals surface area contributed by atoms with Crippen molar-refractivity contribution < 1.29 is 19.3 Å². The number of hydrogen-bond donors (Lipinski definition) is 3. The van der Waals surface area contributed by atoms with E-state index in [4.69, 9.17) is 34.7 Å². The average molecular weight is 319 g/mol. The number of halogens is 1. The van der Waals surface area contributed by atoms with Gasteiger partial charge in [-0.3, -0.25) is 4.57 Å². The van der Waals surface area contributed by atoms with Crippen LogP contribution >= 0.6 is 24.4 Å². The quantitative estimate of drug-likeness (QED) is 0.337. The van der Waals surface area contributed by atoms with Crippen molar-refractivity contribution >= 4 is 24.4 Å². The molecule has 0 radical (unpaired) electrons. The van der Waals surface area contributed by atoms with E-state index in [1.807, 2.05) is 0 Å². The standard InChI is InChI=1S/C9H10FN5O3S2/c10-5-6(17)9(3-16,13-14-11)18-7(5)15-2-1-4(19)12-8(15)20/h1-2,5-7,16-17H,3H2,(H,12,19,20)/t5-,6?,7+,9+/m0/s1. The Morgan fingerprint density at radius 3 is 2.90 bits per heavy atom. The molecule has 1 saturated heterocycles. The van der Waals surface area contributed by atoms with Crippen molar-refractivity contribution in [1.82, 2.24) is 9.55 Å². The summed E-state index contributed by atoms with van der Waals surface area (Å²) in [6, 6.07) is 1.46. The van der Waals surface area contributed by atoms with E-state index >= 15 is 0 Å². The number of aromatic amines is 1. The molecule has 11 heteroatoms. The fourth-order valence-corrected chi connectivity index (χ4v) is 2.40. The first-order valence-corrected chi connectivity index (χ1v) is 6.25. The molecule has 4 atom stereocenters. The highest BCUT2D eigenvalue weighted by molar-refractivity contribution is 7.72. The second-order valence-electron chi connectivity index (χ2n) is 4.11. The summed E-state index contributed by atoms with van der Waals surface area (Å²) in [4.78, 5) is 5.09. The third-order valence-corrected chi connectivity index (χ3v) is 3.48. The van der Waals surface area contributed by atoms with Gasteiger partial charge in [-0.2, -0.15) is 0 Å². The van der Waals surface area contributed by atoms with Gasteiger partial charge in [-0.1, -0.05) is 17.3 Å². The number of aromatic nitrogens is 2. The molecular weight excluding hydrogens is 309 g/mol. The van der Waals surface area contributed by atoms with Gasteiger partial charge in [-0.25, -0.2) is 4.39 Å². The van der Waals surface area contributed by atoms with Crippen LogP contribution in [-0.2, 0) is 4.74 Å². The van der Waals surface area contributed by atoms with Gasteiger partial charge in [-0.05, 0) is 23.8 Å². The number of hydrogen-bond acceptors (Lipinski definition) is 6. The second kappa shape index (κ2) is 5.56. The molecule has 0 bridgehead atoms. The number of H-pyrrole nitrogens is 1. The van der Waals surface area contributed by atoms with Crippen LogP contribution in [-0.4, -0.2) is 44.4 Å². The van der Waals surface area contributed by atoms with Crippen molar-refractivity contribution in [2.75, 3.05) is 6.61 Å². The van der Waals surface area contributed by atoms with Gasteiger partial charge >= 0.3 is 0 Å². The summed E-state index contributed by atoms with van der Waals surface area (Å²) >= 11 is 9.86. The van der Waals surface area contributed by atoms with E-state index in [2.05, 4.69) is 15.0 Å². The Labute approximate surface area is 122 Å². The molecule has 3 N–H and O–H groups in total. The third-order valence-electron chi connectivity index (χ3n) is 2.93. The molecule has 2 rings (SSSR count). The molecule has 1 fully saturated rings.